The summed E-state index contributed by atoms with van der Waals surface area (Å²) in [5, 5.41) is 18.5. The number of benzene rings is 1. The van der Waals surface area contributed by atoms with Gasteiger partial charge in [-0.2, -0.15) is 13.2 Å². The number of hydrogen-bond donors (Lipinski definition) is 1. The van der Waals surface area contributed by atoms with E-state index in [0.29, 0.717) is 24.0 Å². The Kier molecular flexibility index (Phi) is 4.24. The fraction of sp³-hybridized carbons (Fsp3) is 0.263. The average Bonchev–Trinajstić information content (AvgIpc) is 3.09. The highest BCUT2D eigenvalue weighted by atomic mass is 19.4. The van der Waals surface area contributed by atoms with Gasteiger partial charge in [-0.25, -0.2) is 4.39 Å². The van der Waals surface area contributed by atoms with E-state index in [-0.39, 0.29) is 29.4 Å². The van der Waals surface area contributed by atoms with Crippen molar-refractivity contribution >= 4 is 5.52 Å². The van der Waals surface area contributed by atoms with Gasteiger partial charge in [0, 0.05) is 43.9 Å². The summed E-state index contributed by atoms with van der Waals surface area (Å²) >= 11 is 0. The third-order valence-electron chi connectivity index (χ3n) is 4.75. The molecule has 0 bridgehead atoms. The number of halogens is 4. The van der Waals surface area contributed by atoms with Crippen LogP contribution in [0.1, 0.15) is 23.7 Å². The van der Waals surface area contributed by atoms with E-state index in [4.69, 9.17) is 0 Å². The smallest absolute Gasteiger partial charge is 0.416 e. The zero-order chi connectivity index (χ0) is 20.1. The lowest BCUT2D eigenvalue weighted by molar-refractivity contribution is -0.137. The second-order valence-corrected chi connectivity index (χ2v) is 6.82. The summed E-state index contributed by atoms with van der Waals surface area (Å²) in [7, 11) is 1.76. The molecule has 3 aromatic rings. The number of likely N-dealkylation sites (N-methyl/N-ethyl adjacent to an activating group) is 1. The number of fused-ring (bicyclic) bond motifs is 1. The van der Waals surface area contributed by atoms with Crippen molar-refractivity contribution in [1.29, 1.82) is 0 Å². The molecule has 1 aliphatic heterocycles. The summed E-state index contributed by atoms with van der Waals surface area (Å²) in [6, 6.07) is 6.20. The second kappa shape index (κ2) is 6.50. The summed E-state index contributed by atoms with van der Waals surface area (Å²) in [6.45, 7) is 0.556. The molecule has 1 unspecified atom stereocenters. The lowest BCUT2D eigenvalue weighted by atomic mass is 10.0. The summed E-state index contributed by atoms with van der Waals surface area (Å²) in [5.74, 6) is -0.477. The van der Waals surface area contributed by atoms with Gasteiger partial charge in [-0.1, -0.05) is 0 Å². The Morgan fingerprint density at radius 3 is 2.64 bits per heavy atom. The van der Waals surface area contributed by atoms with Gasteiger partial charge in [0.25, 0.3) is 0 Å². The maximum atomic E-state index is 13.9. The lowest BCUT2D eigenvalue weighted by Gasteiger charge is -2.27. The highest BCUT2D eigenvalue weighted by molar-refractivity contribution is 5.80. The topological polar surface area (TPSA) is 53.7 Å². The molecule has 146 valence electrons. The van der Waals surface area contributed by atoms with Gasteiger partial charge in [-0.15, -0.1) is 10.2 Å². The number of phenols is 1. The van der Waals surface area contributed by atoms with Gasteiger partial charge in [0.15, 0.2) is 0 Å². The van der Waals surface area contributed by atoms with Crippen molar-refractivity contribution in [2.75, 3.05) is 13.6 Å². The van der Waals surface area contributed by atoms with Crippen LogP contribution in [0.2, 0.25) is 0 Å². The van der Waals surface area contributed by atoms with Gasteiger partial charge >= 0.3 is 6.18 Å². The largest absolute Gasteiger partial charge is 0.507 e. The van der Waals surface area contributed by atoms with Gasteiger partial charge in [0.05, 0.1) is 11.1 Å². The van der Waals surface area contributed by atoms with E-state index in [0.717, 1.165) is 6.07 Å². The minimum atomic E-state index is -4.56. The molecular weight excluding hydrogens is 376 g/mol. The summed E-state index contributed by atoms with van der Waals surface area (Å²) in [4.78, 5) is 1.73. The van der Waals surface area contributed by atoms with E-state index in [1.54, 1.807) is 34.7 Å². The summed E-state index contributed by atoms with van der Waals surface area (Å²) in [6.07, 6.45) is -1.19. The van der Waals surface area contributed by atoms with Crippen LogP contribution >= 0.6 is 0 Å². The molecule has 0 amide bonds. The molecule has 0 aliphatic carbocycles. The van der Waals surface area contributed by atoms with Crippen LogP contribution in [0, 0.1) is 0 Å². The standard InChI is InChI=1S/C19H16F4N4O/c1-26-9-11(7-13(20)10-26)18-25-24-17(15-3-2-6-27(15)18)14-5-4-12(8-16(14)28)19(21,22)23/h2-6,8,10-11,28H,7,9H2,1H3. The van der Waals surface area contributed by atoms with Crippen LogP contribution in [0.5, 0.6) is 5.75 Å². The molecule has 4 rings (SSSR count). The first-order valence-electron chi connectivity index (χ1n) is 8.54. The van der Waals surface area contributed by atoms with Crippen LogP contribution in [0.15, 0.2) is 48.6 Å². The number of nitrogens with zero attached hydrogens (tertiary/aromatic N) is 4. The summed E-state index contributed by atoms with van der Waals surface area (Å²) < 4.78 is 54.1. The number of phenolic OH excluding ortho intramolecular Hbond substituents is 1. The Hall–Kier alpha value is -3.10. The lowest BCUT2D eigenvalue weighted by Crippen LogP contribution is -2.26. The number of hydrogen-bond acceptors (Lipinski definition) is 4. The Labute approximate surface area is 157 Å². The van der Waals surface area contributed by atoms with E-state index in [9.17, 15) is 22.7 Å². The minimum absolute atomic E-state index is 0.141. The molecule has 1 aliphatic rings. The number of allylic oxidation sites excluding steroid dienone is 1. The molecule has 0 spiro atoms. The first-order chi connectivity index (χ1) is 13.2. The van der Waals surface area contributed by atoms with Crippen molar-refractivity contribution in [3.63, 3.8) is 0 Å². The molecule has 0 fully saturated rings. The van der Waals surface area contributed by atoms with Crippen LogP contribution in [0.25, 0.3) is 16.8 Å². The Bertz CT molecular complexity index is 1070. The maximum Gasteiger partial charge on any atom is 0.416 e. The Balaban J connectivity index is 1.79. The second-order valence-electron chi connectivity index (χ2n) is 6.82. The number of rotatable bonds is 2. The Morgan fingerprint density at radius 1 is 1.18 bits per heavy atom. The predicted octanol–water partition coefficient (Wildman–Crippen LogP) is 4.35. The number of aromatic nitrogens is 3. The molecule has 3 heterocycles. The zero-order valence-corrected chi connectivity index (χ0v) is 14.8. The fourth-order valence-corrected chi connectivity index (χ4v) is 3.52. The SMILES string of the molecule is CN1C=C(F)CC(c2nnc(-c3ccc(C(F)(F)F)cc3O)c3cccn23)C1. The normalized spacial score (nSPS) is 17.8. The van der Waals surface area contributed by atoms with Crippen molar-refractivity contribution in [2.24, 2.45) is 0 Å². The first kappa shape index (κ1) is 18.3. The van der Waals surface area contributed by atoms with Gasteiger partial charge in [0.2, 0.25) is 0 Å². The maximum absolute atomic E-state index is 13.9. The quantitative estimate of drug-likeness (QED) is 0.659. The van der Waals surface area contributed by atoms with Crippen molar-refractivity contribution in [3.8, 4) is 17.0 Å². The van der Waals surface area contributed by atoms with Gasteiger partial charge in [-0.05, 0) is 30.3 Å². The molecule has 0 radical (unpaired) electrons. The van der Waals surface area contributed by atoms with Crippen LogP contribution in [0.3, 0.4) is 0 Å². The highest BCUT2D eigenvalue weighted by Gasteiger charge is 2.31. The fourth-order valence-electron chi connectivity index (χ4n) is 3.52. The van der Waals surface area contributed by atoms with Gasteiger partial charge < -0.3 is 14.4 Å². The number of aromatic hydroxyl groups is 1. The van der Waals surface area contributed by atoms with Crippen LogP contribution in [-0.2, 0) is 6.18 Å². The molecule has 28 heavy (non-hydrogen) atoms. The number of alkyl halides is 3. The van der Waals surface area contributed by atoms with E-state index in [1.807, 2.05) is 0 Å². The molecule has 1 N–H and O–H groups in total. The molecular formula is C19H16F4N4O. The first-order valence-corrected chi connectivity index (χ1v) is 8.54. The minimum Gasteiger partial charge on any atom is -0.507 e. The van der Waals surface area contributed by atoms with E-state index >= 15 is 0 Å². The molecule has 1 aromatic carbocycles. The Morgan fingerprint density at radius 2 is 1.96 bits per heavy atom. The third kappa shape index (κ3) is 3.17. The summed E-state index contributed by atoms with van der Waals surface area (Å²) in [5.41, 5.74) is 0.0117. The zero-order valence-electron chi connectivity index (χ0n) is 14.8. The van der Waals surface area contributed by atoms with Crippen molar-refractivity contribution in [1.82, 2.24) is 19.5 Å². The van der Waals surface area contributed by atoms with Crippen LogP contribution in [0.4, 0.5) is 17.6 Å². The van der Waals surface area contributed by atoms with E-state index < -0.39 is 17.5 Å². The molecule has 2 aromatic heterocycles. The predicted molar refractivity (Wildman–Crippen MR) is 94.3 cm³/mol. The van der Waals surface area contributed by atoms with Crippen LogP contribution in [-0.4, -0.2) is 38.2 Å². The average molecular weight is 392 g/mol. The van der Waals surface area contributed by atoms with Gasteiger partial charge in [-0.3, -0.25) is 0 Å². The van der Waals surface area contributed by atoms with Crippen LogP contribution < -0.4 is 0 Å². The molecule has 9 heteroatoms. The highest BCUT2D eigenvalue weighted by Crippen LogP contribution is 2.38. The molecule has 5 nitrogen and oxygen atoms in total. The molecule has 0 saturated carbocycles. The van der Waals surface area contributed by atoms with Crippen molar-refractivity contribution in [2.45, 2.75) is 18.5 Å². The van der Waals surface area contributed by atoms with E-state index in [1.165, 1.54) is 12.3 Å². The molecule has 0 saturated heterocycles. The van der Waals surface area contributed by atoms with Crippen molar-refractivity contribution < 1.29 is 22.7 Å². The molecule has 1 atom stereocenters. The van der Waals surface area contributed by atoms with Gasteiger partial charge in [0.1, 0.15) is 23.1 Å². The van der Waals surface area contributed by atoms with E-state index in [2.05, 4.69) is 10.2 Å². The third-order valence-corrected chi connectivity index (χ3v) is 4.75. The van der Waals surface area contributed by atoms with Crippen molar-refractivity contribution in [3.05, 3.63) is 59.9 Å². The monoisotopic (exact) mass is 392 g/mol.